The molecule has 1 aliphatic heterocycles. The molecule has 1 fully saturated rings. The van der Waals surface area contributed by atoms with Gasteiger partial charge in [0, 0.05) is 25.3 Å². The van der Waals surface area contributed by atoms with E-state index in [-0.39, 0.29) is 17.8 Å². The van der Waals surface area contributed by atoms with Crippen molar-refractivity contribution in [2.75, 3.05) is 19.8 Å². The first-order valence-corrected chi connectivity index (χ1v) is 6.61. The van der Waals surface area contributed by atoms with E-state index >= 15 is 0 Å². The lowest BCUT2D eigenvalue weighted by atomic mass is 10.0. The third kappa shape index (κ3) is 3.51. The molecule has 0 amide bonds. The lowest BCUT2D eigenvalue weighted by Gasteiger charge is -2.22. The number of H-pyrrole nitrogens is 1. The summed E-state index contributed by atoms with van der Waals surface area (Å²) in [6, 6.07) is 2.82. The SMILES string of the molecule is Cl.O=c1[nH]cnc2cc(OCC3CCOCC3)cc(F)c12. The number of ether oxygens (including phenoxy) is 2. The third-order valence-electron chi connectivity index (χ3n) is 3.50. The average molecular weight is 315 g/mol. The van der Waals surface area contributed by atoms with E-state index in [1.165, 1.54) is 12.4 Å². The standard InChI is InChI=1S/C14H15FN2O3.ClH/c15-11-5-10(20-7-9-1-3-19-4-2-9)6-12-13(11)14(18)17-8-16-12;/h5-6,8-9H,1-4,7H2,(H,16,17,18);1H. The van der Waals surface area contributed by atoms with Crippen LogP contribution in [0, 0.1) is 11.7 Å². The van der Waals surface area contributed by atoms with Crippen LogP contribution in [-0.2, 0) is 4.74 Å². The summed E-state index contributed by atoms with van der Waals surface area (Å²) in [6.45, 7) is 2.02. The normalized spacial score (nSPS) is 15.7. The van der Waals surface area contributed by atoms with Crippen LogP contribution in [0.3, 0.4) is 0 Å². The van der Waals surface area contributed by atoms with Crippen LogP contribution in [-0.4, -0.2) is 29.8 Å². The first-order valence-electron chi connectivity index (χ1n) is 6.61. The van der Waals surface area contributed by atoms with Gasteiger partial charge in [-0.2, -0.15) is 0 Å². The van der Waals surface area contributed by atoms with Crippen LogP contribution in [0.1, 0.15) is 12.8 Å². The maximum Gasteiger partial charge on any atom is 0.261 e. The van der Waals surface area contributed by atoms with Crippen molar-refractivity contribution < 1.29 is 13.9 Å². The topological polar surface area (TPSA) is 64.2 Å². The van der Waals surface area contributed by atoms with E-state index in [0.717, 1.165) is 26.1 Å². The molecule has 1 aliphatic rings. The highest BCUT2D eigenvalue weighted by molar-refractivity contribution is 5.85. The lowest BCUT2D eigenvalue weighted by Crippen LogP contribution is -2.21. The van der Waals surface area contributed by atoms with Gasteiger partial charge in [0.05, 0.1) is 18.5 Å². The first-order chi connectivity index (χ1) is 9.74. The Balaban J connectivity index is 0.00000161. The molecule has 7 heteroatoms. The molecule has 0 atom stereocenters. The highest BCUT2D eigenvalue weighted by atomic mass is 35.5. The first kappa shape index (κ1) is 15.7. The molecule has 5 nitrogen and oxygen atoms in total. The molecule has 0 spiro atoms. The molecule has 3 rings (SSSR count). The Hall–Kier alpha value is -1.66. The van der Waals surface area contributed by atoms with Crippen molar-refractivity contribution >= 4 is 23.3 Å². The highest BCUT2D eigenvalue weighted by Gasteiger charge is 2.15. The number of nitrogens with one attached hydrogen (secondary N) is 1. The van der Waals surface area contributed by atoms with Crippen LogP contribution in [0.15, 0.2) is 23.3 Å². The van der Waals surface area contributed by atoms with Gasteiger partial charge >= 0.3 is 0 Å². The molecule has 0 saturated carbocycles. The van der Waals surface area contributed by atoms with Crippen molar-refractivity contribution in [3.8, 4) is 5.75 Å². The van der Waals surface area contributed by atoms with E-state index in [1.54, 1.807) is 6.07 Å². The van der Waals surface area contributed by atoms with E-state index in [9.17, 15) is 9.18 Å². The van der Waals surface area contributed by atoms with Gasteiger partial charge < -0.3 is 14.5 Å². The molecule has 0 bridgehead atoms. The monoisotopic (exact) mass is 314 g/mol. The summed E-state index contributed by atoms with van der Waals surface area (Å²) in [5.41, 5.74) is -0.181. The number of fused-ring (bicyclic) bond motifs is 1. The quantitative estimate of drug-likeness (QED) is 0.944. The number of rotatable bonds is 3. The van der Waals surface area contributed by atoms with Crippen molar-refractivity contribution in [3.63, 3.8) is 0 Å². The largest absolute Gasteiger partial charge is 0.493 e. The summed E-state index contributed by atoms with van der Waals surface area (Å²) < 4.78 is 24.8. The lowest BCUT2D eigenvalue weighted by molar-refractivity contribution is 0.0497. The van der Waals surface area contributed by atoms with Gasteiger partial charge in [-0.25, -0.2) is 9.37 Å². The number of aromatic nitrogens is 2. The van der Waals surface area contributed by atoms with Gasteiger partial charge in [0.2, 0.25) is 0 Å². The Kier molecular flexibility index (Phi) is 5.14. The maximum atomic E-state index is 13.9. The summed E-state index contributed by atoms with van der Waals surface area (Å²) in [7, 11) is 0. The number of hydrogen-bond donors (Lipinski definition) is 1. The van der Waals surface area contributed by atoms with Crippen molar-refractivity contribution in [2.45, 2.75) is 12.8 Å². The molecule has 21 heavy (non-hydrogen) atoms. The van der Waals surface area contributed by atoms with Crippen LogP contribution in [0.5, 0.6) is 5.75 Å². The summed E-state index contributed by atoms with van der Waals surface area (Å²) in [5.74, 6) is 0.216. The number of nitrogens with zero attached hydrogens (tertiary/aromatic N) is 1. The zero-order chi connectivity index (χ0) is 13.9. The molecule has 1 saturated heterocycles. The Morgan fingerprint density at radius 2 is 2.14 bits per heavy atom. The van der Waals surface area contributed by atoms with E-state index in [0.29, 0.717) is 23.8 Å². The molecule has 2 aromatic rings. The predicted molar refractivity (Wildman–Crippen MR) is 78.6 cm³/mol. The molecular formula is C14H16ClFN2O3. The maximum absolute atomic E-state index is 13.9. The van der Waals surface area contributed by atoms with Crippen LogP contribution in [0.25, 0.3) is 10.9 Å². The summed E-state index contributed by atoms with van der Waals surface area (Å²) >= 11 is 0. The van der Waals surface area contributed by atoms with Gasteiger partial charge in [-0.3, -0.25) is 4.79 Å². The number of benzene rings is 1. The van der Waals surface area contributed by atoms with Gasteiger partial charge in [-0.15, -0.1) is 12.4 Å². The summed E-state index contributed by atoms with van der Waals surface area (Å²) in [5, 5.41) is -0.0362. The van der Waals surface area contributed by atoms with Crippen molar-refractivity contribution in [1.29, 1.82) is 0 Å². The van der Waals surface area contributed by atoms with Gasteiger partial charge in [0.1, 0.15) is 17.0 Å². The predicted octanol–water partition coefficient (Wildman–Crippen LogP) is 2.29. The molecule has 1 aromatic carbocycles. The Bertz CT molecular complexity index is 671. The van der Waals surface area contributed by atoms with E-state index in [2.05, 4.69) is 9.97 Å². The summed E-state index contributed by atoms with van der Waals surface area (Å²) in [6.07, 6.45) is 3.16. The fourth-order valence-electron chi connectivity index (χ4n) is 2.34. The second-order valence-corrected chi connectivity index (χ2v) is 4.90. The van der Waals surface area contributed by atoms with Crippen LogP contribution >= 0.6 is 12.4 Å². The Labute approximate surface area is 126 Å². The van der Waals surface area contributed by atoms with E-state index < -0.39 is 11.4 Å². The Morgan fingerprint density at radius 1 is 1.38 bits per heavy atom. The molecule has 0 unspecified atom stereocenters. The van der Waals surface area contributed by atoms with Gasteiger partial charge in [0.15, 0.2) is 0 Å². The smallest absolute Gasteiger partial charge is 0.261 e. The zero-order valence-corrected chi connectivity index (χ0v) is 12.1. The summed E-state index contributed by atoms with van der Waals surface area (Å²) in [4.78, 5) is 17.8. The Morgan fingerprint density at radius 3 is 2.90 bits per heavy atom. The zero-order valence-electron chi connectivity index (χ0n) is 11.3. The van der Waals surface area contributed by atoms with Crippen molar-refractivity contribution in [2.24, 2.45) is 5.92 Å². The fourth-order valence-corrected chi connectivity index (χ4v) is 2.34. The average Bonchev–Trinajstić information content (AvgIpc) is 2.46. The van der Waals surface area contributed by atoms with Crippen LogP contribution in [0.4, 0.5) is 4.39 Å². The fraction of sp³-hybridized carbons (Fsp3) is 0.429. The minimum atomic E-state index is -0.612. The van der Waals surface area contributed by atoms with Gasteiger partial charge in [-0.1, -0.05) is 0 Å². The van der Waals surface area contributed by atoms with Crippen molar-refractivity contribution in [3.05, 3.63) is 34.6 Å². The van der Waals surface area contributed by atoms with E-state index in [1.807, 2.05) is 0 Å². The second-order valence-electron chi connectivity index (χ2n) is 4.90. The van der Waals surface area contributed by atoms with Crippen molar-refractivity contribution in [1.82, 2.24) is 9.97 Å². The minimum Gasteiger partial charge on any atom is -0.493 e. The molecule has 0 radical (unpaired) electrons. The molecule has 2 heterocycles. The second kappa shape index (κ2) is 6.87. The minimum absolute atomic E-state index is 0. The van der Waals surface area contributed by atoms with Gasteiger partial charge in [-0.05, 0) is 18.8 Å². The number of halogens is 2. The molecule has 1 N–H and O–H groups in total. The molecule has 114 valence electrons. The molecule has 0 aliphatic carbocycles. The third-order valence-corrected chi connectivity index (χ3v) is 3.50. The number of hydrogen-bond acceptors (Lipinski definition) is 4. The highest BCUT2D eigenvalue weighted by Crippen LogP contribution is 2.22. The molecule has 1 aromatic heterocycles. The number of aromatic amines is 1. The van der Waals surface area contributed by atoms with Crippen LogP contribution < -0.4 is 10.3 Å². The van der Waals surface area contributed by atoms with Crippen LogP contribution in [0.2, 0.25) is 0 Å². The molecular weight excluding hydrogens is 299 g/mol. The van der Waals surface area contributed by atoms with Gasteiger partial charge in [0.25, 0.3) is 5.56 Å². The van der Waals surface area contributed by atoms with E-state index in [4.69, 9.17) is 9.47 Å².